The fourth-order valence-corrected chi connectivity index (χ4v) is 2.32. The molecule has 0 radical (unpaired) electrons. The molecule has 0 bridgehead atoms. The summed E-state index contributed by atoms with van der Waals surface area (Å²) in [5.41, 5.74) is 0.908. The van der Waals surface area contributed by atoms with E-state index in [0.29, 0.717) is 0 Å². The van der Waals surface area contributed by atoms with Gasteiger partial charge in [0.25, 0.3) is 0 Å². The summed E-state index contributed by atoms with van der Waals surface area (Å²) in [6, 6.07) is 5.79. The first kappa shape index (κ1) is 12.2. The molecular formula is C14H17N3O2. The fourth-order valence-electron chi connectivity index (χ4n) is 2.32. The maximum Gasteiger partial charge on any atom is 0.137 e. The average Bonchev–Trinajstić information content (AvgIpc) is 2.97. The predicted molar refractivity (Wildman–Crippen MR) is 73.6 cm³/mol. The number of nitrogens with one attached hydrogen (secondary N) is 1. The van der Waals surface area contributed by atoms with E-state index in [4.69, 9.17) is 9.47 Å². The number of methoxy groups -OCH3 is 1. The van der Waals surface area contributed by atoms with E-state index in [1.54, 1.807) is 13.4 Å². The minimum Gasteiger partial charge on any atom is -0.497 e. The van der Waals surface area contributed by atoms with Gasteiger partial charge < -0.3 is 14.8 Å². The van der Waals surface area contributed by atoms with Crippen LogP contribution in [0.3, 0.4) is 0 Å². The molecular weight excluding hydrogens is 242 g/mol. The fraction of sp³-hybridized carbons (Fsp3) is 0.429. The Kier molecular flexibility index (Phi) is 3.46. The molecule has 1 saturated heterocycles. The molecule has 1 N–H and O–H groups in total. The van der Waals surface area contributed by atoms with Crippen molar-refractivity contribution < 1.29 is 9.47 Å². The Morgan fingerprint density at radius 1 is 1.42 bits per heavy atom. The van der Waals surface area contributed by atoms with Gasteiger partial charge in [0.1, 0.15) is 17.9 Å². The van der Waals surface area contributed by atoms with Crippen molar-refractivity contribution in [1.82, 2.24) is 9.97 Å². The highest BCUT2D eigenvalue weighted by atomic mass is 16.5. The minimum atomic E-state index is 0.288. The number of nitrogens with zero attached hydrogens (tertiary/aromatic N) is 2. The van der Waals surface area contributed by atoms with Crippen molar-refractivity contribution >= 4 is 16.7 Å². The molecule has 0 amide bonds. The average molecular weight is 259 g/mol. The zero-order chi connectivity index (χ0) is 13.1. The maximum atomic E-state index is 5.60. The number of hydrogen-bond acceptors (Lipinski definition) is 5. The number of anilines is 1. The highest BCUT2D eigenvalue weighted by Gasteiger charge is 2.15. The summed E-state index contributed by atoms with van der Waals surface area (Å²) in [6.45, 7) is 1.65. The number of ether oxygens (including phenoxy) is 2. The normalized spacial score (nSPS) is 18.7. The molecule has 5 heteroatoms. The van der Waals surface area contributed by atoms with Crippen LogP contribution in [0.5, 0.6) is 5.75 Å². The lowest BCUT2D eigenvalue weighted by Crippen LogP contribution is -2.19. The monoisotopic (exact) mass is 259 g/mol. The molecule has 0 saturated carbocycles. The number of aromatic nitrogens is 2. The molecule has 1 aliphatic rings. The second kappa shape index (κ2) is 5.40. The second-order valence-corrected chi connectivity index (χ2v) is 4.62. The highest BCUT2D eigenvalue weighted by Crippen LogP contribution is 2.24. The van der Waals surface area contributed by atoms with E-state index in [2.05, 4.69) is 15.3 Å². The van der Waals surface area contributed by atoms with Gasteiger partial charge in [0, 0.05) is 18.5 Å². The first-order valence-corrected chi connectivity index (χ1v) is 6.51. The molecule has 100 valence electrons. The van der Waals surface area contributed by atoms with E-state index in [0.717, 1.165) is 48.5 Å². The number of fused-ring (bicyclic) bond motifs is 1. The second-order valence-electron chi connectivity index (χ2n) is 4.62. The van der Waals surface area contributed by atoms with Gasteiger partial charge in [-0.3, -0.25) is 0 Å². The van der Waals surface area contributed by atoms with Crippen molar-refractivity contribution in [2.45, 2.75) is 18.9 Å². The Morgan fingerprint density at radius 3 is 3.16 bits per heavy atom. The topological polar surface area (TPSA) is 56.3 Å². The van der Waals surface area contributed by atoms with Gasteiger partial charge in [-0.1, -0.05) is 0 Å². The van der Waals surface area contributed by atoms with Crippen LogP contribution < -0.4 is 10.1 Å². The Hall–Kier alpha value is -1.88. The molecule has 1 fully saturated rings. The van der Waals surface area contributed by atoms with Crippen LogP contribution in [0.25, 0.3) is 10.9 Å². The maximum absolute atomic E-state index is 5.60. The van der Waals surface area contributed by atoms with Crippen LogP contribution in [0.2, 0.25) is 0 Å². The third-order valence-electron chi connectivity index (χ3n) is 3.36. The minimum absolute atomic E-state index is 0.288. The SMILES string of the molecule is COc1ccc2ncnc(NCC3CCCO3)c2c1. The molecule has 1 aromatic carbocycles. The lowest BCUT2D eigenvalue weighted by molar-refractivity contribution is 0.120. The van der Waals surface area contributed by atoms with E-state index in [1.807, 2.05) is 18.2 Å². The van der Waals surface area contributed by atoms with Crippen LogP contribution >= 0.6 is 0 Å². The van der Waals surface area contributed by atoms with Crippen molar-refractivity contribution in [2.24, 2.45) is 0 Å². The van der Waals surface area contributed by atoms with E-state index >= 15 is 0 Å². The predicted octanol–water partition coefficient (Wildman–Crippen LogP) is 2.23. The smallest absolute Gasteiger partial charge is 0.137 e. The van der Waals surface area contributed by atoms with Crippen molar-refractivity contribution in [3.8, 4) is 5.75 Å². The molecule has 1 atom stereocenters. The van der Waals surface area contributed by atoms with E-state index in [-0.39, 0.29) is 6.10 Å². The molecule has 1 aromatic heterocycles. The van der Waals surface area contributed by atoms with Crippen LogP contribution in [-0.2, 0) is 4.74 Å². The largest absolute Gasteiger partial charge is 0.497 e. The molecule has 5 nitrogen and oxygen atoms in total. The van der Waals surface area contributed by atoms with Gasteiger partial charge in [-0.2, -0.15) is 0 Å². The third-order valence-corrected chi connectivity index (χ3v) is 3.36. The summed E-state index contributed by atoms with van der Waals surface area (Å²) in [6.07, 6.45) is 4.12. The summed E-state index contributed by atoms with van der Waals surface area (Å²) in [7, 11) is 1.66. The zero-order valence-corrected chi connectivity index (χ0v) is 10.9. The molecule has 19 heavy (non-hydrogen) atoms. The number of hydrogen-bond donors (Lipinski definition) is 1. The summed E-state index contributed by atoms with van der Waals surface area (Å²) in [4.78, 5) is 8.57. The number of rotatable bonds is 4. The van der Waals surface area contributed by atoms with Gasteiger partial charge in [0.2, 0.25) is 0 Å². The first-order valence-electron chi connectivity index (χ1n) is 6.51. The van der Waals surface area contributed by atoms with Gasteiger partial charge in [-0.05, 0) is 31.0 Å². The zero-order valence-electron chi connectivity index (χ0n) is 10.9. The molecule has 3 rings (SSSR count). The lowest BCUT2D eigenvalue weighted by Gasteiger charge is -2.13. The van der Waals surface area contributed by atoms with Crippen LogP contribution in [0.15, 0.2) is 24.5 Å². The van der Waals surface area contributed by atoms with E-state index in [1.165, 1.54) is 0 Å². The summed E-state index contributed by atoms with van der Waals surface area (Å²) >= 11 is 0. The lowest BCUT2D eigenvalue weighted by atomic mass is 10.2. The summed E-state index contributed by atoms with van der Waals surface area (Å²) in [5, 5.41) is 4.32. The van der Waals surface area contributed by atoms with Crippen LogP contribution in [0.4, 0.5) is 5.82 Å². The molecule has 1 aliphatic heterocycles. The standard InChI is InChI=1S/C14H17N3O2/c1-18-10-4-5-13-12(7-10)14(17-9-16-13)15-8-11-3-2-6-19-11/h4-5,7,9,11H,2-3,6,8H2,1H3,(H,15,16,17). The molecule has 0 spiro atoms. The van der Waals surface area contributed by atoms with Gasteiger partial charge in [-0.25, -0.2) is 9.97 Å². The summed E-state index contributed by atoms with van der Waals surface area (Å²) in [5.74, 6) is 1.64. The molecule has 2 aromatic rings. The first-order chi connectivity index (χ1) is 9.36. The van der Waals surface area contributed by atoms with E-state index < -0.39 is 0 Å². The molecule has 1 unspecified atom stereocenters. The molecule has 2 heterocycles. The summed E-state index contributed by atoms with van der Waals surface area (Å²) < 4.78 is 10.8. The quantitative estimate of drug-likeness (QED) is 0.912. The van der Waals surface area contributed by atoms with Crippen molar-refractivity contribution in [3.05, 3.63) is 24.5 Å². The Balaban J connectivity index is 1.84. The van der Waals surface area contributed by atoms with Crippen LogP contribution in [0.1, 0.15) is 12.8 Å². The van der Waals surface area contributed by atoms with Gasteiger partial charge >= 0.3 is 0 Å². The van der Waals surface area contributed by atoms with Gasteiger partial charge in [0.15, 0.2) is 0 Å². The van der Waals surface area contributed by atoms with Crippen molar-refractivity contribution in [3.63, 3.8) is 0 Å². The van der Waals surface area contributed by atoms with E-state index in [9.17, 15) is 0 Å². The Labute approximate surface area is 112 Å². The Morgan fingerprint density at radius 2 is 2.37 bits per heavy atom. The van der Waals surface area contributed by atoms with Crippen LogP contribution in [-0.4, -0.2) is 36.3 Å². The molecule has 0 aliphatic carbocycles. The van der Waals surface area contributed by atoms with Gasteiger partial charge in [-0.15, -0.1) is 0 Å². The van der Waals surface area contributed by atoms with Gasteiger partial charge in [0.05, 0.1) is 18.7 Å². The van der Waals surface area contributed by atoms with Crippen molar-refractivity contribution in [2.75, 3.05) is 25.6 Å². The number of benzene rings is 1. The van der Waals surface area contributed by atoms with Crippen molar-refractivity contribution in [1.29, 1.82) is 0 Å². The van der Waals surface area contributed by atoms with Crippen LogP contribution in [0, 0.1) is 0 Å². The third kappa shape index (κ3) is 2.61. The highest BCUT2D eigenvalue weighted by molar-refractivity contribution is 5.89. The Bertz CT molecular complexity index is 568.